The van der Waals surface area contributed by atoms with E-state index in [1.54, 1.807) is 0 Å². The summed E-state index contributed by atoms with van der Waals surface area (Å²) in [6.45, 7) is 0. The van der Waals surface area contributed by atoms with E-state index in [4.69, 9.17) is 0 Å². The highest BCUT2D eigenvalue weighted by Crippen LogP contribution is 2.09. The monoisotopic (exact) mass is 414 g/mol. The Morgan fingerprint density at radius 1 is 0.765 bits per heavy atom. The lowest BCUT2D eigenvalue weighted by Gasteiger charge is -1.94. The zero-order valence-electron chi connectivity index (χ0n) is 8.83. The molecule has 2 rings (SSSR count). The fourth-order valence-corrected chi connectivity index (χ4v) is 2.78. The molecule has 0 atom stereocenters. The van der Waals surface area contributed by atoms with Crippen molar-refractivity contribution in [3.8, 4) is 0 Å². The summed E-state index contributed by atoms with van der Waals surface area (Å²) in [5.74, 6) is 0. The summed E-state index contributed by atoms with van der Waals surface area (Å²) in [4.78, 5) is 3.82. The van der Waals surface area contributed by atoms with Gasteiger partial charge in [0.2, 0.25) is 0 Å². The van der Waals surface area contributed by atoms with Crippen molar-refractivity contribution in [1.82, 2.24) is 0 Å². The van der Waals surface area contributed by atoms with Crippen molar-refractivity contribution in [3.63, 3.8) is 0 Å². The molecule has 0 spiro atoms. The van der Waals surface area contributed by atoms with Crippen LogP contribution >= 0.6 is 47.8 Å². The molecule has 0 heterocycles. The van der Waals surface area contributed by atoms with Gasteiger partial charge in [-0.1, -0.05) is 84.2 Å². The lowest BCUT2D eigenvalue weighted by atomic mass is 10.2. The Labute approximate surface area is 125 Å². The van der Waals surface area contributed by atoms with Crippen LogP contribution in [0, 0.1) is 10.4 Å². The van der Waals surface area contributed by atoms with Crippen molar-refractivity contribution < 1.29 is 0 Å². The first-order valence-corrected chi connectivity index (χ1v) is 7.64. The van der Waals surface area contributed by atoms with Crippen molar-refractivity contribution in [2.24, 2.45) is 0 Å². The molecule has 2 aromatic carbocycles. The van der Waals surface area contributed by atoms with Gasteiger partial charge in [0, 0.05) is 4.47 Å². The van der Waals surface area contributed by atoms with Crippen molar-refractivity contribution in [2.75, 3.05) is 0 Å². The minimum Gasteiger partial charge on any atom is -0.0588 e. The summed E-state index contributed by atoms with van der Waals surface area (Å²) in [5, 5.41) is 4.71. The van der Waals surface area contributed by atoms with Crippen LogP contribution in [0.2, 0.25) is 0 Å². The molecule has 0 saturated heterocycles. The number of halogens is 3. The van der Waals surface area contributed by atoms with Crippen molar-refractivity contribution in [3.05, 3.63) is 67.8 Å². The van der Waals surface area contributed by atoms with E-state index in [9.17, 15) is 0 Å². The van der Waals surface area contributed by atoms with E-state index in [-0.39, 0.29) is 0 Å². The van der Waals surface area contributed by atoms with Crippen LogP contribution in [0.3, 0.4) is 0 Å². The summed E-state index contributed by atoms with van der Waals surface area (Å²) < 4.78 is 1.10. The average molecular weight is 417 g/mol. The molecule has 0 aliphatic rings. The molecule has 0 fully saturated rings. The predicted octanol–water partition coefficient (Wildman–Crippen LogP) is 4.00. The van der Waals surface area contributed by atoms with Crippen LogP contribution in [-0.4, -0.2) is 0 Å². The Balaban J connectivity index is 2.81. The summed E-state index contributed by atoms with van der Waals surface area (Å²) in [6.07, 6.45) is 0. The predicted molar refractivity (Wildman–Crippen MR) is 84.3 cm³/mol. The van der Waals surface area contributed by atoms with Gasteiger partial charge in [-0.15, -0.1) is 0 Å². The Kier molecular flexibility index (Phi) is 4.60. The van der Waals surface area contributed by atoms with Gasteiger partial charge in [0.15, 0.2) is 0 Å². The van der Waals surface area contributed by atoms with Crippen LogP contribution in [0.25, 0.3) is 9.97 Å². The smallest absolute Gasteiger partial charge is 0.0259 e. The molecule has 2 aromatic rings. The molecular formula is C14H9Br3. The SMILES string of the molecule is BrC=c1ccc(=c2ccc(=CBr)cc2Br)cc1. The quantitative estimate of drug-likeness (QED) is 0.609. The molecule has 0 aliphatic carbocycles. The maximum Gasteiger partial charge on any atom is 0.0259 e. The van der Waals surface area contributed by atoms with Crippen LogP contribution in [0.4, 0.5) is 0 Å². The van der Waals surface area contributed by atoms with Crippen LogP contribution in [0.15, 0.2) is 46.9 Å². The van der Waals surface area contributed by atoms with Crippen molar-refractivity contribution >= 4 is 57.8 Å². The number of benzene rings is 2. The van der Waals surface area contributed by atoms with Gasteiger partial charge in [-0.05, 0) is 36.9 Å². The Morgan fingerprint density at radius 3 is 1.88 bits per heavy atom. The van der Waals surface area contributed by atoms with E-state index < -0.39 is 0 Å². The molecule has 0 amide bonds. The third-order valence-corrected chi connectivity index (χ3v) is 4.18. The molecule has 17 heavy (non-hydrogen) atoms. The number of rotatable bonds is 0. The van der Waals surface area contributed by atoms with E-state index in [0.717, 1.165) is 14.9 Å². The second kappa shape index (κ2) is 5.98. The fourth-order valence-electron chi connectivity index (χ4n) is 1.57. The standard InChI is InChI=1S/C14H9Br3/c15-8-10-1-4-12(5-2-10)13-6-3-11(9-16)7-14(13)17/h1-9H. The van der Waals surface area contributed by atoms with Crippen molar-refractivity contribution in [2.45, 2.75) is 0 Å². The largest absolute Gasteiger partial charge is 0.0588 e. The zero-order chi connectivity index (χ0) is 12.3. The summed E-state index contributed by atoms with van der Waals surface area (Å²) >= 11 is 10.3. The number of hydrogen-bond acceptors (Lipinski definition) is 0. The Bertz CT molecular complexity index is 710. The van der Waals surface area contributed by atoms with Gasteiger partial charge < -0.3 is 0 Å². The van der Waals surface area contributed by atoms with E-state index in [0.29, 0.717) is 0 Å². The molecule has 0 bridgehead atoms. The average Bonchev–Trinajstić information content (AvgIpc) is 2.39. The number of hydrogen-bond donors (Lipinski definition) is 0. The minimum absolute atomic E-state index is 1.10. The second-order valence-corrected chi connectivity index (χ2v) is 5.35. The van der Waals surface area contributed by atoms with Crippen LogP contribution in [-0.2, 0) is 0 Å². The van der Waals surface area contributed by atoms with Gasteiger partial charge in [-0.2, -0.15) is 0 Å². The Hall–Kier alpha value is -0.380. The zero-order valence-corrected chi connectivity index (χ0v) is 13.6. The molecule has 0 radical (unpaired) electrons. The lowest BCUT2D eigenvalue weighted by Crippen LogP contribution is -1.97. The fraction of sp³-hybridized carbons (Fsp3) is 0. The molecule has 3 heteroatoms. The molecule has 0 N–H and O–H groups in total. The van der Waals surface area contributed by atoms with Crippen LogP contribution in [0.5, 0.6) is 0 Å². The lowest BCUT2D eigenvalue weighted by molar-refractivity contribution is 1.43. The van der Waals surface area contributed by atoms with Crippen LogP contribution < -0.4 is 10.4 Å². The van der Waals surface area contributed by atoms with E-state index in [1.807, 2.05) is 9.97 Å². The first kappa shape index (κ1) is 13.1. The topological polar surface area (TPSA) is 0 Å². The first-order valence-electron chi connectivity index (χ1n) is 5.01. The van der Waals surface area contributed by atoms with Crippen molar-refractivity contribution in [1.29, 1.82) is 0 Å². The normalized spacial score (nSPS) is 11.6. The van der Waals surface area contributed by atoms with Gasteiger partial charge in [-0.25, -0.2) is 0 Å². The molecule has 0 saturated carbocycles. The minimum atomic E-state index is 1.10. The van der Waals surface area contributed by atoms with Gasteiger partial charge in [-0.3, -0.25) is 0 Å². The third-order valence-electron chi connectivity index (χ3n) is 2.47. The summed E-state index contributed by atoms with van der Waals surface area (Å²) in [6, 6.07) is 14.7. The molecule has 0 aromatic heterocycles. The van der Waals surface area contributed by atoms with E-state index in [2.05, 4.69) is 90.3 Å². The van der Waals surface area contributed by atoms with Gasteiger partial charge >= 0.3 is 0 Å². The first-order chi connectivity index (χ1) is 8.24. The maximum absolute atomic E-state index is 3.60. The highest BCUT2D eigenvalue weighted by Gasteiger charge is 1.91. The summed E-state index contributed by atoms with van der Waals surface area (Å²) in [5.41, 5.74) is 0. The van der Waals surface area contributed by atoms with Gasteiger partial charge in [0.1, 0.15) is 0 Å². The second-order valence-electron chi connectivity index (χ2n) is 3.58. The molecule has 0 nitrogen and oxygen atoms in total. The third kappa shape index (κ3) is 3.09. The van der Waals surface area contributed by atoms with Crippen LogP contribution in [0.1, 0.15) is 0 Å². The van der Waals surface area contributed by atoms with E-state index in [1.165, 1.54) is 10.4 Å². The molecule has 0 unspecified atom stereocenters. The maximum atomic E-state index is 3.60. The highest BCUT2D eigenvalue weighted by atomic mass is 79.9. The molecule has 86 valence electrons. The molecule has 0 aliphatic heterocycles. The van der Waals surface area contributed by atoms with Gasteiger partial charge in [0.05, 0.1) is 0 Å². The summed E-state index contributed by atoms with van der Waals surface area (Å²) in [7, 11) is 0. The molecular weight excluding hydrogens is 408 g/mol. The Morgan fingerprint density at radius 2 is 1.35 bits per heavy atom. The van der Waals surface area contributed by atoms with E-state index >= 15 is 0 Å². The highest BCUT2D eigenvalue weighted by molar-refractivity contribution is 9.14. The van der Waals surface area contributed by atoms with Gasteiger partial charge in [0.25, 0.3) is 0 Å².